The first kappa shape index (κ1) is 20.4. The van der Waals surface area contributed by atoms with Gasteiger partial charge in [-0.25, -0.2) is 9.20 Å². The normalized spacial score (nSPS) is 11.6. The molecule has 0 aliphatic heterocycles. The molecule has 0 saturated carbocycles. The molecule has 0 aliphatic carbocycles. The number of imidazole rings is 1. The number of benzene rings is 1. The van der Waals surface area contributed by atoms with Gasteiger partial charge in [0.25, 0.3) is 5.56 Å². The van der Waals surface area contributed by atoms with Gasteiger partial charge in [-0.1, -0.05) is 15.9 Å². The van der Waals surface area contributed by atoms with E-state index in [4.69, 9.17) is 9.47 Å². The van der Waals surface area contributed by atoms with E-state index in [1.165, 1.54) is 11.6 Å². The van der Waals surface area contributed by atoms with E-state index in [0.717, 1.165) is 9.04 Å². The van der Waals surface area contributed by atoms with Crippen molar-refractivity contribution in [1.82, 2.24) is 28.3 Å². The average Bonchev–Trinajstić information content (AvgIpc) is 3.29. The van der Waals surface area contributed by atoms with E-state index in [0.29, 0.717) is 53.8 Å². The van der Waals surface area contributed by atoms with Gasteiger partial charge in [0.05, 0.1) is 19.3 Å². The third-order valence-electron chi connectivity index (χ3n) is 5.05. The van der Waals surface area contributed by atoms with Gasteiger partial charge in [0.2, 0.25) is 5.78 Å². The fourth-order valence-electron chi connectivity index (χ4n) is 3.60. The van der Waals surface area contributed by atoms with E-state index >= 15 is 0 Å². The molecule has 1 aromatic carbocycles. The Morgan fingerprint density at radius 1 is 1.13 bits per heavy atom. The van der Waals surface area contributed by atoms with Crippen LogP contribution in [-0.2, 0) is 25.4 Å². The summed E-state index contributed by atoms with van der Waals surface area (Å²) in [5.41, 5.74) is 0.617. The van der Waals surface area contributed by atoms with Crippen LogP contribution in [0.1, 0.15) is 6.92 Å². The molecule has 4 rings (SSSR count). The van der Waals surface area contributed by atoms with E-state index < -0.39 is 11.2 Å². The van der Waals surface area contributed by atoms with Crippen LogP contribution in [0.4, 0.5) is 0 Å². The van der Waals surface area contributed by atoms with Gasteiger partial charge in [0, 0.05) is 31.7 Å². The van der Waals surface area contributed by atoms with Crippen LogP contribution < -0.4 is 16.0 Å². The highest BCUT2D eigenvalue weighted by Crippen LogP contribution is 2.33. The van der Waals surface area contributed by atoms with Gasteiger partial charge in [-0.2, -0.15) is 0 Å². The van der Waals surface area contributed by atoms with Crippen molar-refractivity contribution < 1.29 is 9.47 Å². The van der Waals surface area contributed by atoms with E-state index in [-0.39, 0.29) is 0 Å². The number of halogens is 1. The Balaban J connectivity index is 2.15. The second-order valence-corrected chi connectivity index (χ2v) is 7.65. The van der Waals surface area contributed by atoms with Gasteiger partial charge in [0.15, 0.2) is 17.0 Å². The maximum atomic E-state index is 13.0. The number of hydrogen-bond donors (Lipinski definition) is 0. The third-order valence-corrected chi connectivity index (χ3v) is 5.54. The Hall–Kier alpha value is -2.92. The van der Waals surface area contributed by atoms with Crippen molar-refractivity contribution >= 4 is 32.9 Å². The first-order valence-electron chi connectivity index (χ1n) is 9.35. The molecule has 0 amide bonds. The molecule has 0 aliphatic rings. The van der Waals surface area contributed by atoms with Crippen LogP contribution in [0.15, 0.2) is 32.3 Å². The molecular weight excluding hydrogens is 456 g/mol. The predicted molar refractivity (Wildman–Crippen MR) is 115 cm³/mol. The van der Waals surface area contributed by atoms with E-state index in [1.807, 2.05) is 25.1 Å². The number of ether oxygens (including phenoxy) is 2. The molecule has 3 heterocycles. The number of aromatic nitrogens is 6. The Morgan fingerprint density at radius 2 is 1.90 bits per heavy atom. The lowest BCUT2D eigenvalue weighted by atomic mass is 10.2. The number of hydrogen-bond acceptors (Lipinski definition) is 6. The molecule has 30 heavy (non-hydrogen) atoms. The van der Waals surface area contributed by atoms with Gasteiger partial charge in [-0.15, -0.1) is 10.2 Å². The Labute approximate surface area is 179 Å². The summed E-state index contributed by atoms with van der Waals surface area (Å²) >= 11 is 3.48. The number of methoxy groups -OCH3 is 1. The molecule has 11 heteroatoms. The predicted octanol–water partition coefficient (Wildman–Crippen LogP) is 1.56. The second kappa shape index (κ2) is 7.73. The molecule has 0 N–H and O–H groups in total. The van der Waals surface area contributed by atoms with Crippen molar-refractivity contribution in [1.29, 1.82) is 0 Å². The summed E-state index contributed by atoms with van der Waals surface area (Å²) in [5.74, 6) is 1.50. The summed E-state index contributed by atoms with van der Waals surface area (Å²) < 4.78 is 17.8. The highest BCUT2D eigenvalue weighted by atomic mass is 79.9. The molecule has 3 aromatic heterocycles. The third kappa shape index (κ3) is 2.96. The van der Waals surface area contributed by atoms with Crippen LogP contribution >= 0.6 is 15.9 Å². The minimum atomic E-state index is -0.433. The fourth-order valence-corrected chi connectivity index (χ4v) is 3.96. The van der Waals surface area contributed by atoms with Gasteiger partial charge in [0.1, 0.15) is 5.75 Å². The lowest BCUT2D eigenvalue weighted by Gasteiger charge is -2.09. The van der Waals surface area contributed by atoms with Crippen LogP contribution in [-0.4, -0.2) is 48.6 Å². The molecule has 0 unspecified atom stereocenters. The number of aryl methyl sites for hydroxylation is 1. The first-order valence-corrected chi connectivity index (χ1v) is 10.1. The largest absolute Gasteiger partial charge is 0.496 e. The molecule has 4 aromatic rings. The summed E-state index contributed by atoms with van der Waals surface area (Å²) in [6.07, 6.45) is 0. The van der Waals surface area contributed by atoms with Crippen LogP contribution in [0.25, 0.3) is 28.3 Å². The molecule has 0 radical (unpaired) electrons. The van der Waals surface area contributed by atoms with Crippen molar-refractivity contribution in [3.63, 3.8) is 0 Å². The van der Waals surface area contributed by atoms with E-state index in [1.54, 1.807) is 23.1 Å². The highest BCUT2D eigenvalue weighted by molar-refractivity contribution is 9.10. The van der Waals surface area contributed by atoms with Crippen LogP contribution in [0.3, 0.4) is 0 Å². The standard InChI is InChI=1S/C19H21BrN6O4/c1-5-30-9-8-25-14-16(23(2)19(28)24(3)17(14)27)26-15(21-22-18(25)26)12-10-11(20)6-7-13(12)29-4/h6-7,10H,5,8-9H2,1-4H3. The smallest absolute Gasteiger partial charge is 0.332 e. The molecule has 10 nitrogen and oxygen atoms in total. The van der Waals surface area contributed by atoms with Crippen LogP contribution in [0.5, 0.6) is 5.75 Å². The summed E-state index contributed by atoms with van der Waals surface area (Å²) in [6.45, 7) is 3.24. The zero-order valence-electron chi connectivity index (χ0n) is 17.0. The zero-order valence-corrected chi connectivity index (χ0v) is 18.6. The topological polar surface area (TPSA) is 97.6 Å². The molecule has 0 atom stereocenters. The molecule has 0 saturated heterocycles. The lowest BCUT2D eigenvalue weighted by Crippen LogP contribution is -2.38. The van der Waals surface area contributed by atoms with Crippen molar-refractivity contribution in [3.05, 3.63) is 43.5 Å². The summed E-state index contributed by atoms with van der Waals surface area (Å²) in [4.78, 5) is 25.7. The maximum absolute atomic E-state index is 13.0. The van der Waals surface area contributed by atoms with E-state index in [2.05, 4.69) is 26.1 Å². The molecule has 158 valence electrons. The summed E-state index contributed by atoms with van der Waals surface area (Å²) in [5, 5.41) is 8.71. The van der Waals surface area contributed by atoms with Gasteiger partial charge < -0.3 is 14.0 Å². The molecular formula is C19H21BrN6O4. The highest BCUT2D eigenvalue weighted by Gasteiger charge is 2.25. The quantitative estimate of drug-likeness (QED) is 0.391. The number of fused-ring (bicyclic) bond motifs is 3. The lowest BCUT2D eigenvalue weighted by molar-refractivity contribution is 0.140. The van der Waals surface area contributed by atoms with Crippen molar-refractivity contribution in [3.8, 4) is 17.1 Å². The van der Waals surface area contributed by atoms with Crippen LogP contribution in [0.2, 0.25) is 0 Å². The Kier molecular flexibility index (Phi) is 5.24. The van der Waals surface area contributed by atoms with Crippen molar-refractivity contribution in [2.24, 2.45) is 14.1 Å². The first-order chi connectivity index (χ1) is 14.4. The van der Waals surface area contributed by atoms with Crippen molar-refractivity contribution in [2.45, 2.75) is 13.5 Å². The second-order valence-electron chi connectivity index (χ2n) is 6.73. The minimum Gasteiger partial charge on any atom is -0.496 e. The van der Waals surface area contributed by atoms with Crippen LogP contribution in [0, 0.1) is 0 Å². The zero-order chi connectivity index (χ0) is 21.6. The van der Waals surface area contributed by atoms with E-state index in [9.17, 15) is 9.59 Å². The maximum Gasteiger partial charge on any atom is 0.332 e. The fraction of sp³-hybridized carbons (Fsp3) is 0.368. The number of nitrogens with zero attached hydrogens (tertiary/aromatic N) is 6. The summed E-state index contributed by atoms with van der Waals surface area (Å²) in [6, 6.07) is 5.53. The van der Waals surface area contributed by atoms with Crippen molar-refractivity contribution in [2.75, 3.05) is 20.3 Å². The van der Waals surface area contributed by atoms with Gasteiger partial charge in [-0.05, 0) is 25.1 Å². The Bertz CT molecular complexity index is 1380. The molecule has 0 bridgehead atoms. The van der Waals surface area contributed by atoms with Gasteiger partial charge in [-0.3, -0.25) is 13.9 Å². The molecule has 0 spiro atoms. The SMILES string of the molecule is CCOCCn1c2c(=O)n(C)c(=O)n(C)c2n2c(-c3cc(Br)ccc3OC)nnc12. The minimum absolute atomic E-state index is 0.361. The Morgan fingerprint density at radius 3 is 2.60 bits per heavy atom. The monoisotopic (exact) mass is 476 g/mol. The number of rotatable bonds is 6. The summed E-state index contributed by atoms with van der Waals surface area (Å²) in [7, 11) is 4.66. The average molecular weight is 477 g/mol. The molecule has 0 fully saturated rings. The van der Waals surface area contributed by atoms with Gasteiger partial charge >= 0.3 is 5.69 Å².